The fraction of sp³-hybridized carbons (Fsp3) is 0.632. The van der Waals surface area contributed by atoms with Crippen LogP contribution >= 0.6 is 12.4 Å². The summed E-state index contributed by atoms with van der Waals surface area (Å²) in [6.45, 7) is 7.25. The van der Waals surface area contributed by atoms with Crippen LogP contribution in [0.5, 0.6) is 5.75 Å². The van der Waals surface area contributed by atoms with Gasteiger partial charge in [0.15, 0.2) is 0 Å². The molecule has 0 spiro atoms. The van der Waals surface area contributed by atoms with E-state index < -0.39 is 0 Å². The predicted molar refractivity (Wildman–Crippen MR) is 102 cm³/mol. The molecule has 140 valence electrons. The molecule has 2 heterocycles. The van der Waals surface area contributed by atoms with Crippen LogP contribution in [0.25, 0.3) is 0 Å². The Morgan fingerprint density at radius 2 is 1.96 bits per heavy atom. The number of piperidine rings is 1. The molecule has 0 aliphatic carbocycles. The van der Waals surface area contributed by atoms with E-state index in [0.29, 0.717) is 6.54 Å². The highest BCUT2D eigenvalue weighted by Crippen LogP contribution is 2.30. The standard InChI is InChI=1S/C19H29N3O2.ClH/c1-15-7-10-21(11-8-15)19(23)14-22-12-9-20-13-17(22)16-5-3-4-6-18(16)24-2;/h3-6,15,17,20H,7-14H2,1-2H3;1H. The number of benzene rings is 1. The zero-order chi connectivity index (χ0) is 16.9. The fourth-order valence-corrected chi connectivity index (χ4v) is 3.72. The molecule has 0 bridgehead atoms. The van der Waals surface area contributed by atoms with Gasteiger partial charge < -0.3 is 15.0 Å². The zero-order valence-electron chi connectivity index (χ0n) is 15.2. The van der Waals surface area contributed by atoms with E-state index in [-0.39, 0.29) is 24.4 Å². The van der Waals surface area contributed by atoms with Crippen LogP contribution in [0.1, 0.15) is 31.4 Å². The topological polar surface area (TPSA) is 44.8 Å². The normalized spacial score (nSPS) is 22.3. The molecule has 2 saturated heterocycles. The molecule has 2 aliphatic rings. The van der Waals surface area contributed by atoms with Gasteiger partial charge in [-0.25, -0.2) is 0 Å². The second-order valence-electron chi connectivity index (χ2n) is 7.00. The second kappa shape index (κ2) is 9.41. The number of halogens is 1. The highest BCUT2D eigenvalue weighted by Gasteiger charge is 2.29. The number of nitrogens with one attached hydrogen (secondary N) is 1. The van der Waals surface area contributed by atoms with Crippen molar-refractivity contribution in [3.63, 3.8) is 0 Å². The van der Waals surface area contributed by atoms with Gasteiger partial charge in [0, 0.05) is 38.3 Å². The van der Waals surface area contributed by atoms with Crippen molar-refractivity contribution in [1.82, 2.24) is 15.1 Å². The van der Waals surface area contributed by atoms with E-state index in [4.69, 9.17) is 4.74 Å². The molecule has 0 aromatic heterocycles. The molecule has 2 fully saturated rings. The molecule has 0 radical (unpaired) electrons. The van der Waals surface area contributed by atoms with Gasteiger partial charge in [-0.05, 0) is 24.8 Å². The lowest BCUT2D eigenvalue weighted by molar-refractivity contribution is -0.134. The monoisotopic (exact) mass is 367 g/mol. The van der Waals surface area contributed by atoms with E-state index in [2.05, 4.69) is 23.2 Å². The van der Waals surface area contributed by atoms with Gasteiger partial charge in [-0.1, -0.05) is 25.1 Å². The Morgan fingerprint density at radius 3 is 2.68 bits per heavy atom. The van der Waals surface area contributed by atoms with Crippen LogP contribution in [0.2, 0.25) is 0 Å². The maximum atomic E-state index is 12.7. The highest BCUT2D eigenvalue weighted by atomic mass is 35.5. The third-order valence-electron chi connectivity index (χ3n) is 5.33. The lowest BCUT2D eigenvalue weighted by Gasteiger charge is -2.38. The number of hydrogen-bond acceptors (Lipinski definition) is 4. The largest absolute Gasteiger partial charge is 0.496 e. The van der Waals surface area contributed by atoms with Crippen LogP contribution in [0, 0.1) is 5.92 Å². The molecule has 1 unspecified atom stereocenters. The Hall–Kier alpha value is -1.30. The van der Waals surface area contributed by atoms with Gasteiger partial charge in [0.1, 0.15) is 5.75 Å². The van der Waals surface area contributed by atoms with Crippen LogP contribution in [0.4, 0.5) is 0 Å². The van der Waals surface area contributed by atoms with Gasteiger partial charge in [-0.3, -0.25) is 9.69 Å². The summed E-state index contributed by atoms with van der Waals surface area (Å²) in [4.78, 5) is 17.1. The quantitative estimate of drug-likeness (QED) is 0.887. The van der Waals surface area contributed by atoms with E-state index in [1.54, 1.807) is 7.11 Å². The number of rotatable bonds is 4. The van der Waals surface area contributed by atoms with Crippen molar-refractivity contribution >= 4 is 18.3 Å². The summed E-state index contributed by atoms with van der Waals surface area (Å²) < 4.78 is 5.53. The molecule has 0 saturated carbocycles. The number of methoxy groups -OCH3 is 1. The van der Waals surface area contributed by atoms with Gasteiger partial charge in [0.25, 0.3) is 0 Å². The number of likely N-dealkylation sites (tertiary alicyclic amines) is 1. The van der Waals surface area contributed by atoms with Crippen LogP contribution < -0.4 is 10.1 Å². The van der Waals surface area contributed by atoms with Gasteiger partial charge >= 0.3 is 0 Å². The van der Waals surface area contributed by atoms with E-state index in [1.807, 2.05) is 23.1 Å². The first kappa shape index (κ1) is 20.0. The van der Waals surface area contributed by atoms with Crippen molar-refractivity contribution in [3.8, 4) is 5.75 Å². The summed E-state index contributed by atoms with van der Waals surface area (Å²) in [6.07, 6.45) is 2.26. The molecule has 1 amide bonds. The molecular weight excluding hydrogens is 338 g/mol. The summed E-state index contributed by atoms with van der Waals surface area (Å²) in [6, 6.07) is 8.32. The van der Waals surface area contributed by atoms with Gasteiger partial charge in [-0.2, -0.15) is 0 Å². The lowest BCUT2D eigenvalue weighted by atomic mass is 9.99. The molecule has 5 nitrogen and oxygen atoms in total. The van der Waals surface area contributed by atoms with E-state index in [1.165, 1.54) is 0 Å². The Kier molecular flexibility index (Phi) is 7.54. The number of amides is 1. The SMILES string of the molecule is COc1ccccc1C1CNCCN1CC(=O)N1CCC(C)CC1.Cl. The maximum absolute atomic E-state index is 12.7. The van der Waals surface area contributed by atoms with Gasteiger partial charge in [0.05, 0.1) is 19.7 Å². The van der Waals surface area contributed by atoms with Crippen LogP contribution in [0.15, 0.2) is 24.3 Å². The summed E-state index contributed by atoms with van der Waals surface area (Å²) in [5.41, 5.74) is 1.16. The minimum atomic E-state index is 0. The molecule has 1 aromatic rings. The first-order valence-electron chi connectivity index (χ1n) is 9.04. The predicted octanol–water partition coefficient (Wildman–Crippen LogP) is 2.32. The van der Waals surface area contributed by atoms with E-state index in [9.17, 15) is 4.79 Å². The molecule has 6 heteroatoms. The Balaban J connectivity index is 0.00000225. The molecule has 1 N–H and O–H groups in total. The first-order valence-corrected chi connectivity index (χ1v) is 9.04. The van der Waals surface area contributed by atoms with Gasteiger partial charge in [0.2, 0.25) is 5.91 Å². The smallest absolute Gasteiger partial charge is 0.236 e. The number of hydrogen-bond donors (Lipinski definition) is 1. The highest BCUT2D eigenvalue weighted by molar-refractivity contribution is 5.85. The third-order valence-corrected chi connectivity index (χ3v) is 5.33. The zero-order valence-corrected chi connectivity index (χ0v) is 16.1. The minimum Gasteiger partial charge on any atom is -0.496 e. The summed E-state index contributed by atoms with van der Waals surface area (Å²) in [5, 5.41) is 3.45. The molecule has 25 heavy (non-hydrogen) atoms. The Labute approximate surface area is 157 Å². The number of piperazine rings is 1. The number of nitrogens with zero attached hydrogens (tertiary/aromatic N) is 2. The summed E-state index contributed by atoms with van der Waals surface area (Å²) >= 11 is 0. The van der Waals surface area contributed by atoms with Crippen molar-refractivity contribution in [3.05, 3.63) is 29.8 Å². The van der Waals surface area contributed by atoms with E-state index in [0.717, 1.165) is 62.8 Å². The summed E-state index contributed by atoms with van der Waals surface area (Å²) in [5.74, 6) is 1.91. The molecule has 1 atom stereocenters. The number of para-hydroxylation sites is 1. The van der Waals surface area contributed by atoms with Crippen molar-refractivity contribution in [2.75, 3.05) is 46.4 Å². The summed E-state index contributed by atoms with van der Waals surface area (Å²) in [7, 11) is 1.71. The maximum Gasteiger partial charge on any atom is 0.236 e. The van der Waals surface area contributed by atoms with Crippen molar-refractivity contribution < 1.29 is 9.53 Å². The van der Waals surface area contributed by atoms with Crippen molar-refractivity contribution in [1.29, 1.82) is 0 Å². The first-order chi connectivity index (χ1) is 11.7. The minimum absolute atomic E-state index is 0. The number of ether oxygens (including phenoxy) is 1. The van der Waals surface area contributed by atoms with Crippen molar-refractivity contribution in [2.45, 2.75) is 25.8 Å². The van der Waals surface area contributed by atoms with Gasteiger partial charge in [-0.15, -0.1) is 12.4 Å². The second-order valence-corrected chi connectivity index (χ2v) is 7.00. The van der Waals surface area contributed by atoms with Crippen LogP contribution in [0.3, 0.4) is 0 Å². The molecule has 2 aliphatic heterocycles. The van der Waals surface area contributed by atoms with E-state index >= 15 is 0 Å². The van der Waals surface area contributed by atoms with Crippen LogP contribution in [-0.2, 0) is 4.79 Å². The van der Waals surface area contributed by atoms with Crippen LogP contribution in [-0.4, -0.2) is 62.1 Å². The lowest BCUT2D eigenvalue weighted by Crippen LogP contribution is -2.51. The fourth-order valence-electron chi connectivity index (χ4n) is 3.72. The Bertz CT molecular complexity index is 561. The average molecular weight is 368 g/mol. The molecular formula is C19H30ClN3O2. The van der Waals surface area contributed by atoms with Crippen molar-refractivity contribution in [2.24, 2.45) is 5.92 Å². The molecule has 3 rings (SSSR count). The number of carbonyl (C=O) groups excluding carboxylic acids is 1. The number of carbonyl (C=O) groups is 1. The third kappa shape index (κ3) is 4.87. The average Bonchev–Trinajstić information content (AvgIpc) is 2.62. The molecule has 1 aromatic carbocycles. The Morgan fingerprint density at radius 1 is 1.24 bits per heavy atom.